The minimum atomic E-state index is -2.93. The summed E-state index contributed by atoms with van der Waals surface area (Å²) in [4.78, 5) is 21.9. The van der Waals surface area contributed by atoms with E-state index in [0.29, 0.717) is 6.07 Å². The van der Waals surface area contributed by atoms with Crippen LogP contribution in [0.5, 0.6) is 5.75 Å². The van der Waals surface area contributed by atoms with Crippen molar-refractivity contribution in [3.8, 4) is 5.75 Å². The van der Waals surface area contributed by atoms with E-state index in [2.05, 4.69) is 5.32 Å². The number of nitrogens with two attached hydrogens (primary N) is 1. The number of ether oxygens (including phenoxy) is 1. The van der Waals surface area contributed by atoms with Crippen LogP contribution in [-0.4, -0.2) is 11.0 Å². The van der Waals surface area contributed by atoms with Gasteiger partial charge in [-0.05, 0) is 18.2 Å². The molecule has 7 nitrogen and oxygen atoms in total. The first-order chi connectivity index (χ1) is 10.9. The molecule has 0 saturated carbocycles. The molecule has 23 heavy (non-hydrogen) atoms. The van der Waals surface area contributed by atoms with Gasteiger partial charge in [0.2, 0.25) is 0 Å². The van der Waals surface area contributed by atoms with Crippen LogP contribution in [0.15, 0.2) is 42.5 Å². The Morgan fingerprint density at radius 2 is 1.91 bits per heavy atom. The minimum absolute atomic E-state index is 0.204. The molecule has 2 rings (SSSR count). The number of para-hydroxylation sites is 1. The quantitative estimate of drug-likeness (QED) is 0.506. The third kappa shape index (κ3) is 3.90. The number of nitrogens with zero attached hydrogens (tertiary/aromatic N) is 1. The maximum Gasteiger partial charge on any atom is 0.417 e. The van der Waals surface area contributed by atoms with Gasteiger partial charge in [-0.1, -0.05) is 18.2 Å². The van der Waals surface area contributed by atoms with Crippen LogP contribution in [0.2, 0.25) is 0 Å². The Morgan fingerprint density at radius 1 is 1.26 bits per heavy atom. The number of amides is 1. The van der Waals surface area contributed by atoms with E-state index < -0.39 is 34.4 Å². The molecule has 0 unspecified atom stereocenters. The first kappa shape index (κ1) is 16.1. The Hall–Kier alpha value is -3.23. The summed E-state index contributed by atoms with van der Waals surface area (Å²) in [5, 5.41) is 13.1. The van der Waals surface area contributed by atoms with Crippen molar-refractivity contribution in [3.05, 3.63) is 58.1 Å². The van der Waals surface area contributed by atoms with Gasteiger partial charge in [0.25, 0.3) is 12.1 Å². The van der Waals surface area contributed by atoms with E-state index >= 15 is 0 Å². The van der Waals surface area contributed by atoms with E-state index in [1.807, 2.05) is 0 Å². The first-order valence-electron chi connectivity index (χ1n) is 6.28. The van der Waals surface area contributed by atoms with Gasteiger partial charge in [-0.15, -0.1) is 0 Å². The van der Waals surface area contributed by atoms with Crippen LogP contribution in [0.1, 0.15) is 12.0 Å². The van der Waals surface area contributed by atoms with Gasteiger partial charge in [0.05, 0.1) is 10.6 Å². The minimum Gasteiger partial charge on any atom is -0.410 e. The summed E-state index contributed by atoms with van der Waals surface area (Å²) >= 11 is 0. The molecule has 0 fully saturated rings. The second kappa shape index (κ2) is 6.69. The van der Waals surface area contributed by atoms with Gasteiger partial charge in [0.1, 0.15) is 11.4 Å². The molecule has 0 spiro atoms. The number of carbonyl (C=O) groups excluding carboxylic acids is 1. The summed E-state index contributed by atoms with van der Waals surface area (Å²) < 4.78 is 30.3. The number of anilines is 2. The van der Waals surface area contributed by atoms with E-state index in [4.69, 9.17) is 10.5 Å². The average Bonchev–Trinajstić information content (AvgIpc) is 2.49. The van der Waals surface area contributed by atoms with Crippen molar-refractivity contribution in [1.82, 2.24) is 0 Å². The first-order valence-corrected chi connectivity index (χ1v) is 6.28. The smallest absolute Gasteiger partial charge is 0.410 e. The molecule has 2 aromatic rings. The van der Waals surface area contributed by atoms with Crippen LogP contribution in [-0.2, 0) is 0 Å². The lowest BCUT2D eigenvalue weighted by Gasteiger charge is -2.11. The molecular formula is C14H11F2N3O4. The number of nitrogen functional groups attached to an aromatic ring is 1. The van der Waals surface area contributed by atoms with Gasteiger partial charge in [0, 0.05) is 11.6 Å². The second-order valence-corrected chi connectivity index (χ2v) is 4.39. The summed E-state index contributed by atoms with van der Waals surface area (Å²) in [5.74, 6) is 0.204. The van der Waals surface area contributed by atoms with E-state index in [0.717, 1.165) is 6.07 Å². The molecule has 3 N–H and O–H groups in total. The molecule has 0 saturated heterocycles. The number of nitrogens with one attached hydrogen (secondary N) is 1. The Morgan fingerprint density at radius 3 is 2.48 bits per heavy atom. The molecule has 0 aliphatic heterocycles. The van der Waals surface area contributed by atoms with Crippen LogP contribution in [0.3, 0.4) is 0 Å². The van der Waals surface area contributed by atoms with Crippen LogP contribution < -0.4 is 15.8 Å². The highest BCUT2D eigenvalue weighted by atomic mass is 19.3. The summed E-state index contributed by atoms with van der Waals surface area (Å²) in [6.07, 6.45) is -3.96. The number of carbonyl (C=O) groups is 1. The van der Waals surface area contributed by atoms with Crippen LogP contribution in [0.25, 0.3) is 0 Å². The molecule has 9 heteroatoms. The van der Waals surface area contributed by atoms with E-state index in [1.54, 1.807) is 18.2 Å². The van der Waals surface area contributed by atoms with E-state index in [-0.39, 0.29) is 11.4 Å². The molecule has 0 aliphatic carbocycles. The molecule has 1 amide bonds. The zero-order valence-electron chi connectivity index (χ0n) is 11.5. The molecule has 0 aliphatic rings. The number of nitro groups is 1. The highest BCUT2D eigenvalue weighted by molar-refractivity contribution is 5.94. The van der Waals surface area contributed by atoms with Crippen molar-refractivity contribution < 1.29 is 23.2 Å². The van der Waals surface area contributed by atoms with Crippen LogP contribution >= 0.6 is 0 Å². The fourth-order valence-electron chi connectivity index (χ4n) is 1.80. The topological polar surface area (TPSA) is 107 Å². The predicted molar refractivity (Wildman–Crippen MR) is 78.6 cm³/mol. The molecule has 0 aromatic heterocycles. The zero-order valence-corrected chi connectivity index (χ0v) is 11.5. The lowest BCUT2D eigenvalue weighted by Crippen LogP contribution is -2.18. The highest BCUT2D eigenvalue weighted by Crippen LogP contribution is 2.35. The number of nitro benzene ring substituents is 1. The molecule has 0 bridgehead atoms. The molecular weight excluding hydrogens is 312 g/mol. The fourth-order valence-corrected chi connectivity index (χ4v) is 1.80. The van der Waals surface area contributed by atoms with E-state index in [1.165, 1.54) is 12.1 Å². The summed E-state index contributed by atoms with van der Waals surface area (Å²) in [7, 11) is 0. The number of hydrogen-bond acceptors (Lipinski definition) is 5. The number of alkyl halides is 2. The molecule has 0 radical (unpaired) electrons. The summed E-state index contributed by atoms with van der Waals surface area (Å²) in [5.41, 5.74) is 3.41. The third-order valence-corrected chi connectivity index (χ3v) is 2.80. The fraction of sp³-hybridized carbons (Fsp3) is 0.0714. The second-order valence-electron chi connectivity index (χ2n) is 4.39. The number of hydrogen-bond donors (Lipinski definition) is 2. The van der Waals surface area contributed by atoms with Crippen LogP contribution in [0, 0.1) is 10.1 Å². The molecule has 120 valence electrons. The lowest BCUT2D eigenvalue weighted by molar-refractivity contribution is -0.384. The van der Waals surface area contributed by atoms with Gasteiger partial charge in [-0.3, -0.25) is 15.4 Å². The maximum absolute atomic E-state index is 12.7. The van der Waals surface area contributed by atoms with Crippen LogP contribution in [0.4, 0.5) is 30.6 Å². The highest BCUT2D eigenvalue weighted by Gasteiger charge is 2.23. The average molecular weight is 323 g/mol. The standard InChI is InChI=1S/C14H11F2N3O4/c15-13(16)8-6-10(17)12(11(7-8)19(21)22)18-14(20)23-9-4-2-1-3-5-9/h1-7,13H,17H2,(H,18,20). The zero-order chi connectivity index (χ0) is 17.0. The number of rotatable bonds is 4. The number of benzene rings is 2. The van der Waals surface area contributed by atoms with Gasteiger partial charge in [0.15, 0.2) is 0 Å². The van der Waals surface area contributed by atoms with Crippen molar-refractivity contribution in [2.45, 2.75) is 6.43 Å². The van der Waals surface area contributed by atoms with Gasteiger partial charge < -0.3 is 10.5 Å². The lowest BCUT2D eigenvalue weighted by atomic mass is 10.1. The Bertz CT molecular complexity index is 738. The monoisotopic (exact) mass is 323 g/mol. The van der Waals surface area contributed by atoms with Crippen molar-refractivity contribution >= 4 is 23.2 Å². The predicted octanol–water partition coefficient (Wildman–Crippen LogP) is 3.73. The maximum atomic E-state index is 12.7. The Balaban J connectivity index is 2.28. The largest absolute Gasteiger partial charge is 0.417 e. The Labute approximate surface area is 128 Å². The SMILES string of the molecule is Nc1cc(C(F)F)cc([N+](=O)[O-])c1NC(=O)Oc1ccccc1. The van der Waals surface area contributed by atoms with Gasteiger partial charge >= 0.3 is 6.09 Å². The third-order valence-electron chi connectivity index (χ3n) is 2.80. The van der Waals surface area contributed by atoms with Crippen molar-refractivity contribution in [3.63, 3.8) is 0 Å². The van der Waals surface area contributed by atoms with Gasteiger partial charge in [-0.25, -0.2) is 13.6 Å². The summed E-state index contributed by atoms with van der Waals surface area (Å²) in [6, 6.07) is 9.45. The Kier molecular flexibility index (Phi) is 4.69. The van der Waals surface area contributed by atoms with Crippen molar-refractivity contribution in [2.24, 2.45) is 0 Å². The normalized spacial score (nSPS) is 10.4. The number of halogens is 2. The van der Waals surface area contributed by atoms with Gasteiger partial charge in [-0.2, -0.15) is 0 Å². The van der Waals surface area contributed by atoms with Crippen molar-refractivity contribution in [1.29, 1.82) is 0 Å². The molecule has 0 atom stereocenters. The summed E-state index contributed by atoms with van der Waals surface area (Å²) in [6.45, 7) is 0. The molecule has 2 aromatic carbocycles. The van der Waals surface area contributed by atoms with E-state index in [9.17, 15) is 23.7 Å². The van der Waals surface area contributed by atoms with Crippen molar-refractivity contribution in [2.75, 3.05) is 11.1 Å². The molecule has 0 heterocycles.